The molecule has 0 aromatic carbocycles. The molecule has 1 aromatic rings. The molecule has 0 radical (unpaired) electrons. The Balaban J connectivity index is 2.87. The number of hydrogen-bond donors (Lipinski definition) is 2. The van der Waals surface area contributed by atoms with E-state index in [1.165, 1.54) is 6.08 Å². The van der Waals surface area contributed by atoms with Gasteiger partial charge in [0.2, 0.25) is 5.91 Å². The normalized spacial score (nSPS) is 9.50. The number of amides is 1. The summed E-state index contributed by atoms with van der Waals surface area (Å²) in [6.07, 6.45) is 1.22. The van der Waals surface area contributed by atoms with Gasteiger partial charge in [0.05, 0.1) is 0 Å². The van der Waals surface area contributed by atoms with Crippen molar-refractivity contribution in [3.8, 4) is 0 Å². The number of nitrogens with zero attached hydrogens (tertiary/aromatic N) is 1. The Morgan fingerprint density at radius 1 is 1.67 bits per heavy atom. The van der Waals surface area contributed by atoms with Gasteiger partial charge in [-0.2, -0.15) is 5.10 Å². The van der Waals surface area contributed by atoms with Gasteiger partial charge in [-0.25, -0.2) is 0 Å². The Morgan fingerprint density at radius 3 is 2.75 bits per heavy atom. The van der Waals surface area contributed by atoms with Crippen molar-refractivity contribution in [3.63, 3.8) is 0 Å². The minimum Gasteiger partial charge on any atom is -0.318 e. The van der Waals surface area contributed by atoms with E-state index >= 15 is 0 Å². The monoisotopic (exact) mass is 389 g/mol. The summed E-state index contributed by atoms with van der Waals surface area (Å²) in [5.74, 6) is -0.229. The van der Waals surface area contributed by atoms with Crippen LogP contribution in [-0.4, -0.2) is 16.1 Å². The minimum absolute atomic E-state index is 0.229. The van der Waals surface area contributed by atoms with Gasteiger partial charge >= 0.3 is 0 Å². The van der Waals surface area contributed by atoms with E-state index < -0.39 is 0 Å². The van der Waals surface area contributed by atoms with Crippen molar-refractivity contribution in [1.82, 2.24) is 10.2 Å². The molecule has 0 aliphatic heterocycles. The molecule has 0 aliphatic rings. The molecule has 1 heterocycles. The molecule has 0 aliphatic carbocycles. The number of aromatic amines is 1. The standard InChI is InChI=1S/C6H5I2N3O/c1-2-3(12)9-4-5(7)10-11-6(4)8/h2H,1H2,(H,9,12)(H,10,11). The number of anilines is 1. The average molecular weight is 389 g/mol. The molecule has 0 saturated carbocycles. The van der Waals surface area contributed by atoms with E-state index in [9.17, 15) is 4.79 Å². The lowest BCUT2D eigenvalue weighted by Crippen LogP contribution is -2.08. The topological polar surface area (TPSA) is 57.8 Å². The van der Waals surface area contributed by atoms with Gasteiger partial charge in [0.1, 0.15) is 13.1 Å². The molecular weight excluding hydrogens is 384 g/mol. The molecule has 1 aromatic heterocycles. The van der Waals surface area contributed by atoms with Crippen LogP contribution in [0.4, 0.5) is 5.69 Å². The predicted molar refractivity (Wildman–Crippen MR) is 62.8 cm³/mol. The number of carbonyl (C=O) groups is 1. The van der Waals surface area contributed by atoms with Crippen molar-refractivity contribution in [1.29, 1.82) is 0 Å². The Hall–Kier alpha value is -0.120. The summed E-state index contributed by atoms with van der Waals surface area (Å²) in [7, 11) is 0. The molecule has 1 amide bonds. The summed E-state index contributed by atoms with van der Waals surface area (Å²) in [5, 5.41) is 9.30. The predicted octanol–water partition coefficient (Wildman–Crippen LogP) is 1.74. The maximum Gasteiger partial charge on any atom is 0.247 e. The van der Waals surface area contributed by atoms with E-state index in [1.807, 2.05) is 22.6 Å². The summed E-state index contributed by atoms with van der Waals surface area (Å²) in [4.78, 5) is 10.9. The summed E-state index contributed by atoms with van der Waals surface area (Å²) in [6.45, 7) is 3.35. The first-order valence-corrected chi connectivity index (χ1v) is 5.13. The fraction of sp³-hybridized carbons (Fsp3) is 0. The maximum atomic E-state index is 10.9. The van der Waals surface area contributed by atoms with Crippen LogP contribution in [0.1, 0.15) is 0 Å². The van der Waals surface area contributed by atoms with E-state index in [1.54, 1.807) is 0 Å². The highest BCUT2D eigenvalue weighted by Gasteiger charge is 2.09. The summed E-state index contributed by atoms with van der Waals surface area (Å²) >= 11 is 4.09. The molecule has 0 unspecified atom stereocenters. The van der Waals surface area contributed by atoms with Gasteiger partial charge in [-0.05, 0) is 51.3 Å². The molecule has 2 N–H and O–H groups in total. The van der Waals surface area contributed by atoms with Crippen molar-refractivity contribution in [3.05, 3.63) is 20.1 Å². The summed E-state index contributed by atoms with van der Waals surface area (Å²) in [5.41, 5.74) is 0.709. The molecule has 12 heavy (non-hydrogen) atoms. The van der Waals surface area contributed by atoms with Crippen molar-refractivity contribution >= 4 is 56.8 Å². The fourth-order valence-electron chi connectivity index (χ4n) is 0.581. The fourth-order valence-corrected chi connectivity index (χ4v) is 2.13. The van der Waals surface area contributed by atoms with Crippen LogP contribution in [0.15, 0.2) is 12.7 Å². The molecule has 1 rings (SSSR count). The number of carbonyl (C=O) groups excluding carboxylic acids is 1. The third kappa shape index (κ3) is 2.19. The van der Waals surface area contributed by atoms with Gasteiger partial charge < -0.3 is 5.32 Å². The highest BCUT2D eigenvalue weighted by atomic mass is 127. The van der Waals surface area contributed by atoms with E-state index in [2.05, 4.69) is 44.7 Å². The van der Waals surface area contributed by atoms with Gasteiger partial charge in [-0.3, -0.25) is 9.89 Å². The zero-order valence-electron chi connectivity index (χ0n) is 5.90. The van der Waals surface area contributed by atoms with Crippen LogP contribution in [0.5, 0.6) is 0 Å². The molecule has 0 bridgehead atoms. The van der Waals surface area contributed by atoms with E-state index in [4.69, 9.17) is 0 Å². The molecular formula is C6H5I2N3O. The smallest absolute Gasteiger partial charge is 0.247 e. The lowest BCUT2D eigenvalue weighted by atomic mass is 10.5. The van der Waals surface area contributed by atoms with Crippen LogP contribution in [0.2, 0.25) is 0 Å². The number of rotatable bonds is 2. The average Bonchev–Trinajstić information content (AvgIpc) is 2.35. The molecule has 6 heteroatoms. The Labute approximate surface area is 96.5 Å². The van der Waals surface area contributed by atoms with Crippen LogP contribution < -0.4 is 5.32 Å². The quantitative estimate of drug-likeness (QED) is 0.599. The van der Waals surface area contributed by atoms with Crippen LogP contribution in [0, 0.1) is 7.40 Å². The van der Waals surface area contributed by atoms with Gasteiger partial charge in [-0.1, -0.05) is 6.58 Å². The van der Waals surface area contributed by atoms with E-state index in [0.717, 1.165) is 7.40 Å². The van der Waals surface area contributed by atoms with Gasteiger partial charge in [0.25, 0.3) is 0 Å². The van der Waals surface area contributed by atoms with Crippen LogP contribution in [0.25, 0.3) is 0 Å². The number of nitrogens with one attached hydrogen (secondary N) is 2. The highest BCUT2D eigenvalue weighted by Crippen LogP contribution is 2.21. The van der Waals surface area contributed by atoms with Crippen LogP contribution in [-0.2, 0) is 4.79 Å². The third-order valence-electron chi connectivity index (χ3n) is 1.11. The van der Waals surface area contributed by atoms with Crippen molar-refractivity contribution < 1.29 is 4.79 Å². The SMILES string of the molecule is C=CC(=O)Nc1c(I)n[nH]c1I. The van der Waals surface area contributed by atoms with Gasteiger partial charge in [-0.15, -0.1) is 0 Å². The first-order valence-electron chi connectivity index (χ1n) is 2.98. The number of halogens is 2. The van der Waals surface area contributed by atoms with Crippen LogP contribution in [0.3, 0.4) is 0 Å². The zero-order chi connectivity index (χ0) is 9.14. The first kappa shape index (κ1) is 9.96. The molecule has 0 saturated heterocycles. The second-order valence-electron chi connectivity index (χ2n) is 1.90. The number of aromatic nitrogens is 2. The molecule has 64 valence electrons. The second kappa shape index (κ2) is 4.21. The largest absolute Gasteiger partial charge is 0.318 e. The van der Waals surface area contributed by atoms with Gasteiger partial charge in [0, 0.05) is 0 Å². The molecule has 0 spiro atoms. The minimum atomic E-state index is -0.229. The van der Waals surface area contributed by atoms with Crippen molar-refractivity contribution in [2.45, 2.75) is 0 Å². The Morgan fingerprint density at radius 2 is 2.33 bits per heavy atom. The number of H-pyrrole nitrogens is 1. The Kier molecular flexibility index (Phi) is 3.50. The summed E-state index contributed by atoms with van der Waals surface area (Å²) < 4.78 is 1.56. The maximum absolute atomic E-state index is 10.9. The number of hydrogen-bond acceptors (Lipinski definition) is 2. The van der Waals surface area contributed by atoms with Gasteiger partial charge in [0.15, 0.2) is 0 Å². The lowest BCUT2D eigenvalue weighted by Gasteiger charge is -1.98. The van der Waals surface area contributed by atoms with E-state index in [-0.39, 0.29) is 5.91 Å². The molecule has 0 fully saturated rings. The third-order valence-corrected chi connectivity index (χ3v) is 2.67. The van der Waals surface area contributed by atoms with E-state index in [0.29, 0.717) is 5.69 Å². The lowest BCUT2D eigenvalue weighted by molar-refractivity contribution is -0.111. The first-order chi connectivity index (χ1) is 5.65. The molecule has 4 nitrogen and oxygen atoms in total. The zero-order valence-corrected chi connectivity index (χ0v) is 10.2. The molecule has 0 atom stereocenters. The van der Waals surface area contributed by atoms with Crippen molar-refractivity contribution in [2.24, 2.45) is 0 Å². The summed E-state index contributed by atoms with van der Waals surface area (Å²) in [6, 6.07) is 0. The second-order valence-corrected chi connectivity index (χ2v) is 4.00. The highest BCUT2D eigenvalue weighted by molar-refractivity contribution is 14.1. The van der Waals surface area contributed by atoms with Crippen molar-refractivity contribution in [2.75, 3.05) is 5.32 Å². The Bertz CT molecular complexity index is 301. The van der Waals surface area contributed by atoms with Crippen LogP contribution >= 0.6 is 45.2 Å².